The number of nitrogens with zero attached hydrogens (tertiary/aromatic N) is 6. The van der Waals surface area contributed by atoms with E-state index in [9.17, 15) is 13.2 Å². The normalized spacial score (nSPS) is 23.2. The lowest BCUT2D eigenvalue weighted by molar-refractivity contribution is -0.151. The van der Waals surface area contributed by atoms with E-state index in [1.54, 1.807) is 10.9 Å². The minimum Gasteiger partial charge on any atom is -0.477 e. The van der Waals surface area contributed by atoms with Crippen molar-refractivity contribution in [2.24, 2.45) is 18.9 Å². The topological polar surface area (TPSA) is 78.2 Å². The monoisotopic (exact) mass is 462 g/mol. The summed E-state index contributed by atoms with van der Waals surface area (Å²) in [7, 11) is 1.85. The molecule has 176 valence electrons. The second kappa shape index (κ2) is 8.12. The Balaban J connectivity index is 1.43. The van der Waals surface area contributed by atoms with Gasteiger partial charge in [-0.1, -0.05) is 0 Å². The lowest BCUT2D eigenvalue weighted by Gasteiger charge is -2.32. The van der Waals surface area contributed by atoms with E-state index >= 15 is 0 Å². The molecule has 0 amide bonds. The van der Waals surface area contributed by atoms with Gasteiger partial charge in [0.15, 0.2) is 5.65 Å². The predicted octanol–water partition coefficient (Wildman–Crippen LogP) is 3.53. The third-order valence-corrected chi connectivity index (χ3v) is 6.31. The molecule has 0 bridgehead atoms. The first kappa shape index (κ1) is 21.9. The first-order valence-electron chi connectivity index (χ1n) is 10.9. The second-order valence-corrected chi connectivity index (χ2v) is 8.80. The standard InChI is InChI=1S/C22H25F3N6O2/c1-12-6-16-19(27-13(12)2)28-21(29-20(16)33-11-14-7-17(14)22(23,24)25)31-4-5-32-18(10-31)15-8-26-30(3)9-15/h6,8-9,14,17-18H,4-5,7,10-11H2,1-3H3/t14-,17+,18+/m0/s1. The number of hydrogen-bond donors (Lipinski definition) is 0. The smallest absolute Gasteiger partial charge is 0.392 e. The molecule has 1 saturated carbocycles. The summed E-state index contributed by atoms with van der Waals surface area (Å²) in [6.45, 7) is 5.34. The highest BCUT2D eigenvalue weighted by molar-refractivity contribution is 5.82. The van der Waals surface area contributed by atoms with Gasteiger partial charge in [-0.15, -0.1) is 0 Å². The van der Waals surface area contributed by atoms with Crippen molar-refractivity contribution in [3.05, 3.63) is 35.3 Å². The lowest BCUT2D eigenvalue weighted by atomic mass is 10.1. The minimum absolute atomic E-state index is 0.0376. The Hall–Kier alpha value is -2.95. The number of halogens is 3. The van der Waals surface area contributed by atoms with Gasteiger partial charge < -0.3 is 14.4 Å². The third-order valence-electron chi connectivity index (χ3n) is 6.31. The Kier molecular flexibility index (Phi) is 5.38. The van der Waals surface area contributed by atoms with Crippen LogP contribution < -0.4 is 9.64 Å². The first-order valence-corrected chi connectivity index (χ1v) is 10.9. The summed E-state index contributed by atoms with van der Waals surface area (Å²) in [6, 6.07) is 1.88. The Bertz CT molecular complexity index is 1180. The van der Waals surface area contributed by atoms with Crippen LogP contribution in [0.25, 0.3) is 11.0 Å². The first-order chi connectivity index (χ1) is 15.7. The molecule has 11 heteroatoms. The van der Waals surface area contributed by atoms with Crippen LogP contribution in [0, 0.1) is 25.7 Å². The Morgan fingerprint density at radius 3 is 2.73 bits per heavy atom. The second-order valence-electron chi connectivity index (χ2n) is 8.80. The number of alkyl halides is 3. The third kappa shape index (κ3) is 4.46. The zero-order valence-corrected chi connectivity index (χ0v) is 18.6. The number of rotatable bonds is 5. The maximum atomic E-state index is 12.9. The van der Waals surface area contributed by atoms with Crippen molar-refractivity contribution in [1.82, 2.24) is 24.7 Å². The van der Waals surface area contributed by atoms with Crippen LogP contribution in [0.3, 0.4) is 0 Å². The summed E-state index contributed by atoms with van der Waals surface area (Å²) < 4.78 is 52.3. The molecule has 0 radical (unpaired) electrons. The van der Waals surface area contributed by atoms with Crippen LogP contribution in [0.1, 0.15) is 29.3 Å². The zero-order chi connectivity index (χ0) is 23.3. The number of morpholine rings is 1. The fourth-order valence-electron chi connectivity index (χ4n) is 4.12. The van der Waals surface area contributed by atoms with Crippen LogP contribution in [0.15, 0.2) is 18.5 Å². The van der Waals surface area contributed by atoms with Crippen LogP contribution in [0.4, 0.5) is 19.1 Å². The molecule has 2 aliphatic rings. The number of ether oxygens (including phenoxy) is 2. The highest BCUT2D eigenvalue weighted by atomic mass is 19.4. The van der Waals surface area contributed by atoms with Gasteiger partial charge in [0.1, 0.15) is 6.10 Å². The Labute approximate surface area is 188 Å². The van der Waals surface area contributed by atoms with Crippen LogP contribution in [-0.2, 0) is 11.8 Å². The molecular formula is C22H25F3N6O2. The van der Waals surface area contributed by atoms with E-state index in [0.717, 1.165) is 16.8 Å². The van der Waals surface area contributed by atoms with Crippen molar-refractivity contribution < 1.29 is 22.6 Å². The van der Waals surface area contributed by atoms with Crippen molar-refractivity contribution in [3.8, 4) is 5.88 Å². The van der Waals surface area contributed by atoms with Crippen molar-refractivity contribution in [3.63, 3.8) is 0 Å². The molecule has 2 fully saturated rings. The summed E-state index contributed by atoms with van der Waals surface area (Å²) >= 11 is 0. The molecule has 4 heterocycles. The van der Waals surface area contributed by atoms with Crippen molar-refractivity contribution in [1.29, 1.82) is 0 Å². The predicted molar refractivity (Wildman–Crippen MR) is 114 cm³/mol. The largest absolute Gasteiger partial charge is 0.477 e. The van der Waals surface area contributed by atoms with Gasteiger partial charge in [0, 0.05) is 37.0 Å². The highest BCUT2D eigenvalue weighted by Crippen LogP contribution is 2.50. The lowest BCUT2D eigenvalue weighted by Crippen LogP contribution is -2.39. The number of aromatic nitrogens is 5. The molecule has 0 aromatic carbocycles. The maximum Gasteiger partial charge on any atom is 0.392 e. The molecule has 5 rings (SSSR count). The molecular weight excluding hydrogens is 437 g/mol. The number of anilines is 1. The van der Waals surface area contributed by atoms with Crippen LogP contribution in [0.2, 0.25) is 0 Å². The SMILES string of the molecule is Cc1cc2c(OC[C@@H]3C[C@H]3C(F)(F)F)nc(N3CCO[C@@H](c4cnn(C)c4)C3)nc2nc1C. The number of pyridine rings is 1. The Morgan fingerprint density at radius 1 is 1.21 bits per heavy atom. The van der Waals surface area contributed by atoms with Crippen LogP contribution in [0.5, 0.6) is 5.88 Å². The van der Waals surface area contributed by atoms with Gasteiger partial charge in [0.2, 0.25) is 11.8 Å². The van der Waals surface area contributed by atoms with Crippen molar-refractivity contribution in [2.75, 3.05) is 31.2 Å². The van der Waals surface area contributed by atoms with Gasteiger partial charge in [-0.05, 0) is 31.9 Å². The van der Waals surface area contributed by atoms with Gasteiger partial charge in [-0.2, -0.15) is 28.2 Å². The van der Waals surface area contributed by atoms with Gasteiger partial charge >= 0.3 is 6.18 Å². The minimum atomic E-state index is -4.18. The van der Waals surface area contributed by atoms with E-state index in [0.29, 0.717) is 36.7 Å². The van der Waals surface area contributed by atoms with Crippen molar-refractivity contribution in [2.45, 2.75) is 32.5 Å². The molecule has 3 aromatic heterocycles. The van der Waals surface area contributed by atoms with Crippen LogP contribution >= 0.6 is 0 Å². The fourth-order valence-corrected chi connectivity index (χ4v) is 4.12. The van der Waals surface area contributed by atoms with Gasteiger partial charge in [-0.3, -0.25) is 4.68 Å². The van der Waals surface area contributed by atoms with E-state index in [1.165, 1.54) is 0 Å². The average Bonchev–Trinajstić information content (AvgIpc) is 3.45. The number of hydrogen-bond acceptors (Lipinski definition) is 7. The summed E-state index contributed by atoms with van der Waals surface area (Å²) in [5, 5.41) is 4.81. The fraction of sp³-hybridized carbons (Fsp3) is 0.545. The molecule has 33 heavy (non-hydrogen) atoms. The van der Waals surface area contributed by atoms with Crippen molar-refractivity contribution >= 4 is 17.0 Å². The molecule has 1 aliphatic heterocycles. The molecule has 3 aromatic rings. The molecule has 0 unspecified atom stereocenters. The van der Waals surface area contributed by atoms with Gasteiger partial charge in [-0.25, -0.2) is 4.98 Å². The van der Waals surface area contributed by atoms with E-state index in [4.69, 9.17) is 9.47 Å². The molecule has 1 aliphatic carbocycles. The number of fused-ring (bicyclic) bond motifs is 1. The Morgan fingerprint density at radius 2 is 2.03 bits per heavy atom. The maximum absolute atomic E-state index is 12.9. The highest BCUT2D eigenvalue weighted by Gasteiger charge is 2.55. The molecule has 3 atom stereocenters. The molecule has 8 nitrogen and oxygen atoms in total. The summed E-state index contributed by atoms with van der Waals surface area (Å²) in [5.74, 6) is -1.15. The molecule has 0 spiro atoms. The average molecular weight is 462 g/mol. The summed E-state index contributed by atoms with van der Waals surface area (Å²) in [4.78, 5) is 15.8. The zero-order valence-electron chi connectivity index (χ0n) is 18.6. The van der Waals surface area contributed by atoms with E-state index in [-0.39, 0.29) is 25.0 Å². The van der Waals surface area contributed by atoms with Gasteiger partial charge in [0.25, 0.3) is 0 Å². The van der Waals surface area contributed by atoms with E-state index in [1.807, 2.05) is 38.1 Å². The summed E-state index contributed by atoms with van der Waals surface area (Å²) in [6.07, 6.45) is -0.610. The van der Waals surface area contributed by atoms with E-state index in [2.05, 4.69) is 20.1 Å². The quantitative estimate of drug-likeness (QED) is 0.574. The van der Waals surface area contributed by atoms with Crippen LogP contribution in [-0.4, -0.2) is 57.2 Å². The van der Waals surface area contributed by atoms with E-state index < -0.39 is 18.0 Å². The van der Waals surface area contributed by atoms with Gasteiger partial charge in [0.05, 0.1) is 37.3 Å². The summed E-state index contributed by atoms with van der Waals surface area (Å²) in [5.41, 5.74) is 3.18. The molecule has 0 N–H and O–H groups in total. The number of aryl methyl sites for hydroxylation is 3. The molecule has 1 saturated heterocycles.